The van der Waals surface area contributed by atoms with E-state index in [1.165, 1.54) is 11.3 Å². The molecule has 3 aromatic rings. The Hall–Kier alpha value is -2.54. The fraction of sp³-hybridized carbons (Fsp3) is 0.0500. The molecule has 24 heavy (non-hydrogen) atoms. The summed E-state index contributed by atoms with van der Waals surface area (Å²) in [5.74, 6) is 5.80. The smallest absolute Gasteiger partial charge is 0.340 e. The Balaban J connectivity index is 1.62. The standard InChI is InChI=1S/C20H13ClO2S/c21-19-9-5-4-8-18(19)20(22)23-14-17-13-12-16(24-17)11-10-15-6-2-1-3-7-15/h1-9,12-13H,14H2. The minimum absolute atomic E-state index is 0.210. The van der Waals surface area contributed by atoms with Crippen LogP contribution in [-0.4, -0.2) is 5.97 Å². The Bertz CT molecular complexity index is 904. The normalized spacial score (nSPS) is 9.88. The van der Waals surface area contributed by atoms with E-state index in [4.69, 9.17) is 16.3 Å². The molecule has 0 N–H and O–H groups in total. The first-order valence-electron chi connectivity index (χ1n) is 7.30. The SMILES string of the molecule is O=C(OCc1ccc(C#Cc2ccccc2)s1)c1ccccc1Cl. The van der Waals surface area contributed by atoms with Crippen molar-refractivity contribution in [3.05, 3.63) is 92.6 Å². The predicted molar refractivity (Wildman–Crippen MR) is 97.3 cm³/mol. The first-order chi connectivity index (χ1) is 11.7. The summed E-state index contributed by atoms with van der Waals surface area (Å²) in [4.78, 5) is 13.9. The maximum Gasteiger partial charge on any atom is 0.340 e. The lowest BCUT2D eigenvalue weighted by atomic mass is 10.2. The molecule has 2 nitrogen and oxygen atoms in total. The van der Waals surface area contributed by atoms with Crippen LogP contribution < -0.4 is 0 Å². The molecule has 0 fully saturated rings. The third kappa shape index (κ3) is 4.26. The highest BCUT2D eigenvalue weighted by molar-refractivity contribution is 7.12. The van der Waals surface area contributed by atoms with E-state index in [0.717, 1.165) is 15.3 Å². The molecule has 0 spiro atoms. The minimum atomic E-state index is -0.425. The van der Waals surface area contributed by atoms with Gasteiger partial charge in [0.15, 0.2) is 0 Å². The highest BCUT2D eigenvalue weighted by Crippen LogP contribution is 2.19. The van der Waals surface area contributed by atoms with Gasteiger partial charge in [0.1, 0.15) is 6.61 Å². The molecule has 0 bridgehead atoms. The molecule has 3 rings (SSSR count). The van der Waals surface area contributed by atoms with E-state index in [0.29, 0.717) is 10.6 Å². The number of hydrogen-bond donors (Lipinski definition) is 0. The molecule has 0 amide bonds. The zero-order valence-corrected chi connectivity index (χ0v) is 14.2. The quantitative estimate of drug-likeness (QED) is 0.481. The van der Waals surface area contributed by atoms with Crippen molar-refractivity contribution in [1.29, 1.82) is 0 Å². The van der Waals surface area contributed by atoms with Crippen LogP contribution in [0.4, 0.5) is 0 Å². The van der Waals surface area contributed by atoms with Crippen LogP contribution in [0.5, 0.6) is 0 Å². The van der Waals surface area contributed by atoms with Gasteiger partial charge in [-0.15, -0.1) is 11.3 Å². The van der Waals surface area contributed by atoms with Crippen molar-refractivity contribution in [3.63, 3.8) is 0 Å². The summed E-state index contributed by atoms with van der Waals surface area (Å²) in [6, 6.07) is 20.5. The number of esters is 1. The van der Waals surface area contributed by atoms with Crippen LogP contribution in [0, 0.1) is 11.8 Å². The number of hydrogen-bond acceptors (Lipinski definition) is 3. The Labute approximate surface area is 149 Å². The average Bonchev–Trinajstić information content (AvgIpc) is 3.07. The van der Waals surface area contributed by atoms with Gasteiger partial charge in [-0.3, -0.25) is 0 Å². The molecule has 4 heteroatoms. The highest BCUT2D eigenvalue weighted by atomic mass is 35.5. The zero-order chi connectivity index (χ0) is 16.8. The predicted octanol–water partition coefficient (Wildman–Crippen LogP) is 5.16. The lowest BCUT2D eigenvalue weighted by molar-refractivity contribution is 0.0477. The molecule has 118 valence electrons. The molecule has 1 aromatic heterocycles. The third-order valence-electron chi connectivity index (χ3n) is 3.20. The van der Waals surface area contributed by atoms with Crippen molar-refractivity contribution in [3.8, 4) is 11.8 Å². The lowest BCUT2D eigenvalue weighted by Crippen LogP contribution is -2.05. The van der Waals surface area contributed by atoms with Gasteiger partial charge >= 0.3 is 5.97 Å². The van der Waals surface area contributed by atoms with E-state index in [-0.39, 0.29) is 6.61 Å². The molecular formula is C20H13ClO2S. The van der Waals surface area contributed by atoms with Crippen LogP contribution in [0.25, 0.3) is 0 Å². The number of carbonyl (C=O) groups excluding carboxylic acids is 1. The average molecular weight is 353 g/mol. The van der Waals surface area contributed by atoms with Gasteiger partial charge in [-0.2, -0.15) is 0 Å². The number of benzene rings is 2. The van der Waals surface area contributed by atoms with Gasteiger partial charge < -0.3 is 4.74 Å². The number of halogens is 1. The molecule has 0 radical (unpaired) electrons. The first kappa shape index (κ1) is 16.3. The van der Waals surface area contributed by atoms with E-state index in [1.54, 1.807) is 24.3 Å². The summed E-state index contributed by atoms with van der Waals surface area (Å²) in [7, 11) is 0. The third-order valence-corrected chi connectivity index (χ3v) is 4.51. The summed E-state index contributed by atoms with van der Waals surface area (Å²) >= 11 is 7.50. The molecule has 0 unspecified atom stereocenters. The monoisotopic (exact) mass is 352 g/mol. The molecule has 0 atom stereocenters. The van der Waals surface area contributed by atoms with Gasteiger partial charge in [-0.05, 0) is 36.4 Å². The highest BCUT2D eigenvalue weighted by Gasteiger charge is 2.11. The van der Waals surface area contributed by atoms with Crippen molar-refractivity contribution < 1.29 is 9.53 Å². The fourth-order valence-electron chi connectivity index (χ4n) is 2.02. The van der Waals surface area contributed by atoms with Crippen LogP contribution >= 0.6 is 22.9 Å². The first-order valence-corrected chi connectivity index (χ1v) is 8.49. The van der Waals surface area contributed by atoms with Gasteiger partial charge in [0.05, 0.1) is 15.5 Å². The maximum absolute atomic E-state index is 12.0. The van der Waals surface area contributed by atoms with Crippen LogP contribution in [0.2, 0.25) is 5.02 Å². The second-order valence-corrected chi connectivity index (χ2v) is 6.51. The van der Waals surface area contributed by atoms with Gasteiger partial charge in [0.25, 0.3) is 0 Å². The van der Waals surface area contributed by atoms with Crippen LogP contribution in [0.1, 0.15) is 25.7 Å². The Kier molecular flexibility index (Phi) is 5.32. The topological polar surface area (TPSA) is 26.3 Å². The fourth-order valence-corrected chi connectivity index (χ4v) is 3.01. The number of thiophene rings is 1. The van der Waals surface area contributed by atoms with E-state index in [2.05, 4.69) is 11.8 Å². The number of carbonyl (C=O) groups is 1. The van der Waals surface area contributed by atoms with Gasteiger partial charge in [-0.25, -0.2) is 4.79 Å². The van der Waals surface area contributed by atoms with Crippen molar-refractivity contribution in [2.75, 3.05) is 0 Å². The van der Waals surface area contributed by atoms with E-state index < -0.39 is 5.97 Å². The summed E-state index contributed by atoms with van der Waals surface area (Å²) < 4.78 is 5.31. The zero-order valence-electron chi connectivity index (χ0n) is 12.7. The van der Waals surface area contributed by atoms with Crippen LogP contribution in [0.15, 0.2) is 66.7 Å². The van der Waals surface area contributed by atoms with Crippen LogP contribution in [0.3, 0.4) is 0 Å². The molecule has 0 aliphatic rings. The largest absolute Gasteiger partial charge is 0.456 e. The molecule has 2 aromatic carbocycles. The summed E-state index contributed by atoms with van der Waals surface area (Å²) in [5.41, 5.74) is 1.34. The summed E-state index contributed by atoms with van der Waals surface area (Å²) in [6.07, 6.45) is 0. The summed E-state index contributed by atoms with van der Waals surface area (Å²) in [5, 5.41) is 0.392. The number of rotatable bonds is 3. The van der Waals surface area contributed by atoms with E-state index in [9.17, 15) is 4.79 Å². The van der Waals surface area contributed by atoms with Crippen molar-refractivity contribution >= 4 is 28.9 Å². The molecule has 0 aliphatic carbocycles. The Morgan fingerprint density at radius 3 is 2.50 bits per heavy atom. The van der Waals surface area contributed by atoms with Crippen molar-refractivity contribution in [2.45, 2.75) is 6.61 Å². The van der Waals surface area contributed by atoms with Crippen molar-refractivity contribution in [2.24, 2.45) is 0 Å². The molecule has 0 saturated heterocycles. The van der Waals surface area contributed by atoms with E-state index in [1.807, 2.05) is 42.5 Å². The molecule has 0 saturated carbocycles. The van der Waals surface area contributed by atoms with Crippen molar-refractivity contribution in [1.82, 2.24) is 0 Å². The molecule has 0 aliphatic heterocycles. The second kappa shape index (κ2) is 7.83. The summed E-state index contributed by atoms with van der Waals surface area (Å²) in [6.45, 7) is 0.210. The van der Waals surface area contributed by atoms with Gasteiger partial charge in [0.2, 0.25) is 0 Å². The molecule has 1 heterocycles. The number of ether oxygens (including phenoxy) is 1. The van der Waals surface area contributed by atoms with E-state index >= 15 is 0 Å². The second-order valence-electron chi connectivity index (χ2n) is 4.94. The van der Waals surface area contributed by atoms with Gasteiger partial charge in [0, 0.05) is 10.4 Å². The maximum atomic E-state index is 12.0. The van der Waals surface area contributed by atoms with Gasteiger partial charge in [-0.1, -0.05) is 53.8 Å². The Morgan fingerprint density at radius 2 is 1.71 bits per heavy atom. The van der Waals surface area contributed by atoms with Crippen LogP contribution in [-0.2, 0) is 11.3 Å². The lowest BCUT2D eigenvalue weighted by Gasteiger charge is -2.04. The minimum Gasteiger partial charge on any atom is -0.456 e. The Morgan fingerprint density at radius 1 is 0.958 bits per heavy atom. The molecular weight excluding hydrogens is 340 g/mol.